The number of ether oxygens (including phenoxy) is 2. The van der Waals surface area contributed by atoms with Gasteiger partial charge in [0.1, 0.15) is 0 Å². The first kappa shape index (κ1) is 10.6. The number of benzene rings is 2. The van der Waals surface area contributed by atoms with Crippen LogP contribution < -0.4 is 9.47 Å². The average Bonchev–Trinajstić information content (AvgIpc) is 3.00. The Bertz CT molecular complexity index is 835. The number of para-hydroxylation sites is 2. The number of fused-ring (bicyclic) bond motifs is 2. The SMILES string of the molecule is S=c1[nH]c2ccccc2n1-c1ccc2c(c1)OCO2. The highest BCUT2D eigenvalue weighted by atomic mass is 32.1. The van der Waals surface area contributed by atoms with E-state index in [0.717, 1.165) is 28.2 Å². The fourth-order valence-corrected chi connectivity index (χ4v) is 2.65. The molecule has 0 radical (unpaired) electrons. The lowest BCUT2D eigenvalue weighted by Crippen LogP contribution is -1.94. The standard InChI is InChI=1S/C14H10N2O2S/c19-14-15-10-3-1-2-4-11(10)16(14)9-5-6-12-13(7-9)18-8-17-12/h1-7H,8H2,(H,15,19). The van der Waals surface area contributed by atoms with Crippen molar-refractivity contribution >= 4 is 23.3 Å². The number of hydrogen-bond acceptors (Lipinski definition) is 3. The lowest BCUT2D eigenvalue weighted by Gasteiger charge is -2.05. The molecule has 1 aromatic heterocycles. The predicted molar refractivity (Wildman–Crippen MR) is 74.6 cm³/mol. The number of imidazole rings is 1. The molecule has 0 saturated carbocycles. The molecule has 3 aromatic rings. The monoisotopic (exact) mass is 270 g/mol. The van der Waals surface area contributed by atoms with Crippen LogP contribution in [0.1, 0.15) is 0 Å². The number of rotatable bonds is 1. The second-order valence-corrected chi connectivity index (χ2v) is 4.71. The number of nitrogens with zero attached hydrogens (tertiary/aromatic N) is 1. The van der Waals surface area contributed by atoms with Crippen LogP contribution in [0.5, 0.6) is 11.5 Å². The minimum Gasteiger partial charge on any atom is -0.454 e. The van der Waals surface area contributed by atoms with Crippen molar-refractivity contribution in [1.82, 2.24) is 9.55 Å². The first-order valence-corrected chi connectivity index (χ1v) is 6.33. The van der Waals surface area contributed by atoms with Crippen molar-refractivity contribution in [3.8, 4) is 17.2 Å². The maximum Gasteiger partial charge on any atom is 0.231 e. The fourth-order valence-electron chi connectivity index (χ4n) is 2.34. The van der Waals surface area contributed by atoms with Crippen molar-refractivity contribution in [3.63, 3.8) is 0 Å². The third-order valence-corrected chi connectivity index (χ3v) is 3.49. The number of nitrogens with one attached hydrogen (secondary N) is 1. The molecule has 0 fully saturated rings. The number of aromatic nitrogens is 2. The van der Waals surface area contributed by atoms with Gasteiger partial charge in [-0.2, -0.15) is 0 Å². The van der Waals surface area contributed by atoms with Crippen LogP contribution in [0.25, 0.3) is 16.7 Å². The maximum atomic E-state index is 5.41. The number of aromatic amines is 1. The van der Waals surface area contributed by atoms with Gasteiger partial charge in [0.15, 0.2) is 16.3 Å². The Kier molecular flexibility index (Phi) is 2.16. The van der Waals surface area contributed by atoms with Crippen molar-refractivity contribution in [1.29, 1.82) is 0 Å². The van der Waals surface area contributed by atoms with Crippen LogP contribution in [0, 0.1) is 4.77 Å². The molecule has 0 atom stereocenters. The zero-order valence-electron chi connectivity index (χ0n) is 9.92. The van der Waals surface area contributed by atoms with Gasteiger partial charge >= 0.3 is 0 Å². The van der Waals surface area contributed by atoms with Crippen molar-refractivity contribution in [2.75, 3.05) is 6.79 Å². The molecule has 0 amide bonds. The van der Waals surface area contributed by atoms with Crippen molar-refractivity contribution in [3.05, 3.63) is 47.2 Å². The Morgan fingerprint density at radius 2 is 1.89 bits per heavy atom. The second kappa shape index (κ2) is 3.86. The molecule has 19 heavy (non-hydrogen) atoms. The maximum absolute atomic E-state index is 5.41. The molecule has 1 aliphatic heterocycles. The molecule has 2 aromatic carbocycles. The van der Waals surface area contributed by atoms with Crippen LogP contribution in [0.4, 0.5) is 0 Å². The van der Waals surface area contributed by atoms with Gasteiger partial charge in [0, 0.05) is 6.07 Å². The van der Waals surface area contributed by atoms with Gasteiger partial charge in [-0.05, 0) is 36.5 Å². The Morgan fingerprint density at radius 1 is 1.05 bits per heavy atom. The van der Waals surface area contributed by atoms with Gasteiger partial charge in [-0.3, -0.25) is 4.57 Å². The molecule has 0 aliphatic carbocycles. The van der Waals surface area contributed by atoms with E-state index in [0.29, 0.717) is 4.77 Å². The molecule has 4 nitrogen and oxygen atoms in total. The number of H-pyrrole nitrogens is 1. The highest BCUT2D eigenvalue weighted by Crippen LogP contribution is 2.34. The first-order valence-electron chi connectivity index (χ1n) is 5.93. The predicted octanol–water partition coefficient (Wildman–Crippen LogP) is 3.42. The molecular weight excluding hydrogens is 260 g/mol. The highest BCUT2D eigenvalue weighted by Gasteiger charge is 2.15. The van der Waals surface area contributed by atoms with Crippen LogP contribution in [0.2, 0.25) is 0 Å². The van der Waals surface area contributed by atoms with E-state index in [4.69, 9.17) is 21.7 Å². The number of hydrogen-bond donors (Lipinski definition) is 1. The van der Waals surface area contributed by atoms with E-state index in [9.17, 15) is 0 Å². The topological polar surface area (TPSA) is 39.2 Å². The van der Waals surface area contributed by atoms with E-state index in [1.165, 1.54) is 0 Å². The summed E-state index contributed by atoms with van der Waals surface area (Å²) in [5, 5.41) is 0. The van der Waals surface area contributed by atoms with Gasteiger partial charge in [-0.1, -0.05) is 12.1 Å². The molecule has 2 heterocycles. The van der Waals surface area contributed by atoms with Gasteiger partial charge in [-0.15, -0.1) is 0 Å². The Hall–Kier alpha value is -2.27. The molecular formula is C14H10N2O2S. The summed E-state index contributed by atoms with van der Waals surface area (Å²) in [6.07, 6.45) is 0. The molecule has 0 spiro atoms. The normalized spacial score (nSPS) is 13.1. The third-order valence-electron chi connectivity index (χ3n) is 3.20. The summed E-state index contributed by atoms with van der Waals surface area (Å²) >= 11 is 5.40. The molecule has 0 bridgehead atoms. The van der Waals surface area contributed by atoms with E-state index in [1.54, 1.807) is 0 Å². The largest absolute Gasteiger partial charge is 0.454 e. The molecule has 0 unspecified atom stereocenters. The van der Waals surface area contributed by atoms with Gasteiger partial charge in [0.25, 0.3) is 0 Å². The van der Waals surface area contributed by atoms with Gasteiger partial charge in [0.05, 0.1) is 16.7 Å². The first-order chi connectivity index (χ1) is 9.33. The van der Waals surface area contributed by atoms with Gasteiger partial charge in [0.2, 0.25) is 6.79 Å². The van der Waals surface area contributed by atoms with E-state index in [1.807, 2.05) is 47.0 Å². The van der Waals surface area contributed by atoms with E-state index >= 15 is 0 Å². The molecule has 94 valence electrons. The zero-order valence-corrected chi connectivity index (χ0v) is 10.7. The quantitative estimate of drug-likeness (QED) is 0.689. The highest BCUT2D eigenvalue weighted by molar-refractivity contribution is 7.71. The second-order valence-electron chi connectivity index (χ2n) is 4.32. The smallest absolute Gasteiger partial charge is 0.231 e. The summed E-state index contributed by atoms with van der Waals surface area (Å²) in [7, 11) is 0. The molecule has 1 N–H and O–H groups in total. The van der Waals surface area contributed by atoms with E-state index < -0.39 is 0 Å². The van der Waals surface area contributed by atoms with Crippen LogP contribution in [-0.2, 0) is 0 Å². The fraction of sp³-hybridized carbons (Fsp3) is 0.0714. The minimum atomic E-state index is 0.276. The lowest BCUT2D eigenvalue weighted by atomic mass is 10.2. The van der Waals surface area contributed by atoms with Crippen molar-refractivity contribution in [2.45, 2.75) is 0 Å². The summed E-state index contributed by atoms with van der Waals surface area (Å²) in [6.45, 7) is 0.276. The molecule has 0 saturated heterocycles. The van der Waals surface area contributed by atoms with Gasteiger partial charge in [-0.25, -0.2) is 0 Å². The Balaban J connectivity index is 2.00. The van der Waals surface area contributed by atoms with Crippen molar-refractivity contribution in [2.24, 2.45) is 0 Å². The summed E-state index contributed by atoms with van der Waals surface area (Å²) < 4.78 is 13.4. The van der Waals surface area contributed by atoms with Gasteiger partial charge < -0.3 is 14.5 Å². The molecule has 4 rings (SSSR count). The minimum absolute atomic E-state index is 0.276. The van der Waals surface area contributed by atoms with Crippen molar-refractivity contribution < 1.29 is 9.47 Å². The van der Waals surface area contributed by atoms with Crippen LogP contribution in [0.3, 0.4) is 0 Å². The summed E-state index contributed by atoms with van der Waals surface area (Å²) in [5.41, 5.74) is 3.03. The zero-order chi connectivity index (χ0) is 12.8. The average molecular weight is 270 g/mol. The Morgan fingerprint density at radius 3 is 2.84 bits per heavy atom. The van der Waals surface area contributed by atoms with Crippen LogP contribution >= 0.6 is 12.2 Å². The van der Waals surface area contributed by atoms with E-state index in [-0.39, 0.29) is 6.79 Å². The third kappa shape index (κ3) is 1.55. The Labute approximate surface area is 114 Å². The van der Waals surface area contributed by atoms with Crippen LogP contribution in [-0.4, -0.2) is 16.3 Å². The summed E-state index contributed by atoms with van der Waals surface area (Å²) in [4.78, 5) is 3.20. The summed E-state index contributed by atoms with van der Waals surface area (Å²) in [6, 6.07) is 13.8. The van der Waals surface area contributed by atoms with E-state index in [2.05, 4.69) is 4.98 Å². The lowest BCUT2D eigenvalue weighted by molar-refractivity contribution is 0.174. The summed E-state index contributed by atoms with van der Waals surface area (Å²) in [5.74, 6) is 1.53. The molecule has 1 aliphatic rings. The molecule has 5 heteroatoms. The van der Waals surface area contributed by atoms with Crippen LogP contribution in [0.15, 0.2) is 42.5 Å².